The average molecular weight is 345 g/mol. The van der Waals surface area contributed by atoms with Crippen LogP contribution in [0, 0.1) is 10.6 Å². The maximum atomic E-state index is 13.7. The number of nitrogens with zero attached hydrogens (tertiary/aromatic N) is 1. The molecule has 3 aromatic rings. The van der Waals surface area contributed by atoms with Gasteiger partial charge in [0.1, 0.15) is 18.2 Å². The van der Waals surface area contributed by atoms with Gasteiger partial charge in [0.05, 0.1) is 23.1 Å². The number of aromatic amines is 2. The van der Waals surface area contributed by atoms with Crippen molar-refractivity contribution in [2.75, 3.05) is 20.2 Å². The topological polar surface area (TPSA) is 61.1 Å². The largest absolute Gasteiger partial charge is 0.492 e. The Hall–Kier alpha value is -2.67. The van der Waals surface area contributed by atoms with Crippen LogP contribution in [0.5, 0.6) is 5.75 Å². The van der Waals surface area contributed by atoms with Gasteiger partial charge in [-0.2, -0.15) is 0 Å². The Kier molecular flexibility index (Phi) is 4.61. The molecular weight excluding hydrogens is 329 g/mol. The Morgan fingerprint density at radius 3 is 2.75 bits per heavy atom. The standard InChI is InChI=1S/C17H16FN3O2S/c1-21(7-8-23-12-5-3-2-4-6-12)16(22)13-9-11(18)10-14-15(13)20-17(24)19-14/h2-6,9-10H,7-8H2,1H3,(H2,19,20,24). The van der Waals surface area contributed by atoms with Crippen molar-refractivity contribution >= 4 is 29.2 Å². The van der Waals surface area contributed by atoms with Gasteiger partial charge in [0, 0.05) is 7.05 Å². The van der Waals surface area contributed by atoms with E-state index in [1.54, 1.807) is 7.05 Å². The predicted molar refractivity (Wildman–Crippen MR) is 92.3 cm³/mol. The van der Waals surface area contributed by atoms with Crippen molar-refractivity contribution in [3.8, 4) is 5.75 Å². The van der Waals surface area contributed by atoms with E-state index in [9.17, 15) is 9.18 Å². The first-order valence-corrected chi connectivity index (χ1v) is 7.80. The van der Waals surface area contributed by atoms with Crippen LogP contribution < -0.4 is 4.74 Å². The fourth-order valence-corrected chi connectivity index (χ4v) is 2.61. The van der Waals surface area contributed by atoms with Gasteiger partial charge < -0.3 is 19.6 Å². The molecule has 0 aliphatic heterocycles. The second-order valence-corrected chi connectivity index (χ2v) is 5.75. The molecule has 1 aromatic heterocycles. The van der Waals surface area contributed by atoms with E-state index in [-0.39, 0.29) is 11.5 Å². The van der Waals surface area contributed by atoms with Crippen LogP contribution >= 0.6 is 12.2 Å². The first-order valence-electron chi connectivity index (χ1n) is 7.39. The average Bonchev–Trinajstić information content (AvgIpc) is 2.94. The molecule has 3 rings (SSSR count). The summed E-state index contributed by atoms with van der Waals surface area (Å²) >= 11 is 5.01. The van der Waals surface area contributed by atoms with Crippen molar-refractivity contribution in [1.29, 1.82) is 0 Å². The Labute approximate surface area is 143 Å². The number of fused-ring (bicyclic) bond motifs is 1. The molecule has 0 unspecified atom stereocenters. The molecule has 124 valence electrons. The number of halogens is 1. The van der Waals surface area contributed by atoms with E-state index in [1.807, 2.05) is 30.3 Å². The number of amides is 1. The predicted octanol–water partition coefficient (Wildman–Crippen LogP) is 3.52. The van der Waals surface area contributed by atoms with Gasteiger partial charge in [0.2, 0.25) is 0 Å². The molecule has 0 saturated heterocycles. The molecule has 7 heteroatoms. The molecule has 2 aromatic carbocycles. The van der Waals surface area contributed by atoms with Gasteiger partial charge in [-0.25, -0.2) is 4.39 Å². The van der Waals surface area contributed by atoms with Gasteiger partial charge in [-0.15, -0.1) is 0 Å². The van der Waals surface area contributed by atoms with Gasteiger partial charge in [0.25, 0.3) is 5.91 Å². The van der Waals surface area contributed by atoms with Gasteiger partial charge in [-0.05, 0) is 36.5 Å². The minimum Gasteiger partial charge on any atom is -0.492 e. The fourth-order valence-electron chi connectivity index (χ4n) is 2.40. The number of para-hydroxylation sites is 1. The van der Waals surface area contributed by atoms with Gasteiger partial charge in [-0.1, -0.05) is 18.2 Å². The van der Waals surface area contributed by atoms with E-state index < -0.39 is 5.82 Å². The van der Waals surface area contributed by atoms with E-state index in [1.165, 1.54) is 17.0 Å². The second kappa shape index (κ2) is 6.84. The van der Waals surface area contributed by atoms with E-state index in [2.05, 4.69) is 9.97 Å². The fraction of sp³-hybridized carbons (Fsp3) is 0.176. The number of aromatic nitrogens is 2. The number of H-pyrrole nitrogens is 2. The third kappa shape index (κ3) is 3.46. The number of carbonyl (C=O) groups is 1. The van der Waals surface area contributed by atoms with Crippen LogP contribution in [0.2, 0.25) is 0 Å². The number of nitrogens with one attached hydrogen (secondary N) is 2. The number of likely N-dealkylation sites (N-methyl/N-ethyl adjacent to an activating group) is 1. The minimum atomic E-state index is -0.495. The van der Waals surface area contributed by atoms with Crippen LogP contribution in [-0.4, -0.2) is 41.0 Å². The summed E-state index contributed by atoms with van der Waals surface area (Å²) in [5, 5.41) is 0. The summed E-state index contributed by atoms with van der Waals surface area (Å²) in [6.45, 7) is 0.713. The van der Waals surface area contributed by atoms with Crippen LogP contribution in [0.4, 0.5) is 4.39 Å². The van der Waals surface area contributed by atoms with Crippen LogP contribution in [-0.2, 0) is 0 Å². The highest BCUT2D eigenvalue weighted by Crippen LogP contribution is 2.19. The highest BCUT2D eigenvalue weighted by atomic mass is 32.1. The number of rotatable bonds is 5. The quantitative estimate of drug-likeness (QED) is 0.696. The summed E-state index contributed by atoms with van der Waals surface area (Å²) in [6, 6.07) is 11.9. The molecule has 0 aliphatic carbocycles. The molecule has 0 atom stereocenters. The lowest BCUT2D eigenvalue weighted by molar-refractivity contribution is 0.0775. The van der Waals surface area contributed by atoms with Gasteiger partial charge >= 0.3 is 0 Å². The lowest BCUT2D eigenvalue weighted by atomic mass is 10.1. The highest BCUT2D eigenvalue weighted by molar-refractivity contribution is 7.71. The Morgan fingerprint density at radius 2 is 2.00 bits per heavy atom. The van der Waals surface area contributed by atoms with Crippen molar-refractivity contribution in [2.24, 2.45) is 0 Å². The summed E-state index contributed by atoms with van der Waals surface area (Å²) < 4.78 is 19.7. The molecule has 0 radical (unpaired) electrons. The van der Waals surface area contributed by atoms with Crippen molar-refractivity contribution in [2.45, 2.75) is 0 Å². The Balaban J connectivity index is 1.73. The summed E-state index contributed by atoms with van der Waals surface area (Å²) in [5.74, 6) is -0.0624. The second-order valence-electron chi connectivity index (χ2n) is 5.34. The first kappa shape index (κ1) is 16.2. The van der Waals surface area contributed by atoms with Crippen LogP contribution in [0.15, 0.2) is 42.5 Å². The molecule has 24 heavy (non-hydrogen) atoms. The number of hydrogen-bond donors (Lipinski definition) is 2. The first-order chi connectivity index (χ1) is 11.5. The molecule has 5 nitrogen and oxygen atoms in total. The summed E-state index contributed by atoms with van der Waals surface area (Å²) in [5.41, 5.74) is 1.21. The molecule has 1 heterocycles. The van der Waals surface area contributed by atoms with Crippen molar-refractivity contribution in [1.82, 2.24) is 14.9 Å². The molecular formula is C17H16FN3O2S. The van der Waals surface area contributed by atoms with E-state index in [0.717, 1.165) is 5.75 Å². The highest BCUT2D eigenvalue weighted by Gasteiger charge is 2.17. The van der Waals surface area contributed by atoms with Crippen molar-refractivity contribution in [3.05, 3.63) is 58.6 Å². The maximum absolute atomic E-state index is 13.7. The molecule has 0 bridgehead atoms. The normalized spacial score (nSPS) is 10.8. The molecule has 0 spiro atoms. The Bertz CT molecular complexity index is 920. The number of ether oxygens (including phenoxy) is 1. The maximum Gasteiger partial charge on any atom is 0.256 e. The molecule has 0 saturated carbocycles. The van der Waals surface area contributed by atoms with Crippen LogP contribution in [0.3, 0.4) is 0 Å². The van der Waals surface area contributed by atoms with Crippen LogP contribution in [0.1, 0.15) is 10.4 Å². The van der Waals surface area contributed by atoms with Crippen molar-refractivity contribution in [3.63, 3.8) is 0 Å². The SMILES string of the molecule is CN(CCOc1ccccc1)C(=O)c1cc(F)cc2[nH]c(=S)[nH]c12. The van der Waals surface area contributed by atoms with Gasteiger partial charge in [-0.3, -0.25) is 4.79 Å². The smallest absolute Gasteiger partial charge is 0.256 e. The minimum absolute atomic E-state index is 0.236. The Morgan fingerprint density at radius 1 is 1.25 bits per heavy atom. The number of benzene rings is 2. The van der Waals surface area contributed by atoms with Gasteiger partial charge in [0.15, 0.2) is 4.77 Å². The molecule has 2 N–H and O–H groups in total. The van der Waals surface area contributed by atoms with Crippen molar-refractivity contribution < 1.29 is 13.9 Å². The summed E-state index contributed by atoms with van der Waals surface area (Å²) in [6.07, 6.45) is 0. The number of imidazole rings is 1. The monoisotopic (exact) mass is 345 g/mol. The number of carbonyl (C=O) groups excluding carboxylic acids is 1. The molecule has 0 fully saturated rings. The van der Waals surface area contributed by atoms with E-state index in [4.69, 9.17) is 17.0 Å². The lowest BCUT2D eigenvalue weighted by Crippen LogP contribution is -2.31. The number of hydrogen-bond acceptors (Lipinski definition) is 3. The lowest BCUT2D eigenvalue weighted by Gasteiger charge is -2.18. The zero-order valence-electron chi connectivity index (χ0n) is 13.0. The third-order valence-electron chi connectivity index (χ3n) is 3.61. The third-order valence-corrected chi connectivity index (χ3v) is 3.81. The van der Waals surface area contributed by atoms with E-state index >= 15 is 0 Å². The zero-order valence-corrected chi connectivity index (χ0v) is 13.8. The summed E-state index contributed by atoms with van der Waals surface area (Å²) in [7, 11) is 1.65. The summed E-state index contributed by atoms with van der Waals surface area (Å²) in [4.78, 5) is 19.8. The van der Waals surface area contributed by atoms with E-state index in [0.29, 0.717) is 29.0 Å². The molecule has 1 amide bonds. The van der Waals surface area contributed by atoms with Crippen LogP contribution in [0.25, 0.3) is 11.0 Å². The molecule has 0 aliphatic rings. The zero-order chi connectivity index (χ0) is 17.1.